The molecule has 3 aromatic rings. The van der Waals surface area contributed by atoms with Crippen LogP contribution in [0.2, 0.25) is 0 Å². The maximum absolute atomic E-state index is 12.4. The second kappa shape index (κ2) is 7.30. The lowest BCUT2D eigenvalue weighted by atomic mass is 10.1. The molecule has 4 rings (SSSR count). The normalized spacial score (nSPS) is 16.6. The predicted molar refractivity (Wildman–Crippen MR) is 99.8 cm³/mol. The molecule has 1 atom stereocenters. The third-order valence-corrected chi connectivity index (χ3v) is 4.90. The fourth-order valence-electron chi connectivity index (χ4n) is 3.55. The first kappa shape index (κ1) is 17.4. The van der Waals surface area contributed by atoms with Crippen molar-refractivity contribution < 1.29 is 4.79 Å². The molecule has 2 aromatic heterocycles. The quantitative estimate of drug-likeness (QED) is 0.760. The van der Waals surface area contributed by atoms with Crippen LogP contribution in [-0.2, 0) is 24.3 Å². The van der Waals surface area contributed by atoms with Crippen molar-refractivity contribution in [3.05, 3.63) is 47.8 Å². The molecule has 1 unspecified atom stereocenters. The highest BCUT2D eigenvalue weighted by atomic mass is 16.2. The Labute approximate surface area is 157 Å². The minimum Gasteiger partial charge on any atom is -0.352 e. The molecule has 1 N–H and O–H groups in total. The Morgan fingerprint density at radius 2 is 2.00 bits per heavy atom. The lowest BCUT2D eigenvalue weighted by Gasteiger charge is -2.16. The first-order chi connectivity index (χ1) is 13.1. The summed E-state index contributed by atoms with van der Waals surface area (Å²) < 4.78 is 3.82. The topological polar surface area (TPSA) is 90.5 Å². The molecule has 3 heterocycles. The lowest BCUT2D eigenvalue weighted by molar-refractivity contribution is -0.122. The van der Waals surface area contributed by atoms with E-state index in [-0.39, 0.29) is 18.5 Å². The minimum atomic E-state index is -0.0334. The Hall–Kier alpha value is -3.03. The number of amides is 1. The monoisotopic (exact) mass is 365 g/mol. The smallest absolute Gasteiger partial charge is 0.242 e. The molecule has 140 valence electrons. The summed E-state index contributed by atoms with van der Waals surface area (Å²) in [6.07, 6.45) is 2.51. The number of nitrogens with zero attached hydrogens (tertiary/aromatic N) is 6. The Kier molecular flexibility index (Phi) is 4.70. The molecule has 8 nitrogen and oxygen atoms in total. The van der Waals surface area contributed by atoms with Gasteiger partial charge in [-0.15, -0.1) is 10.2 Å². The van der Waals surface area contributed by atoms with Crippen LogP contribution in [0.25, 0.3) is 11.4 Å². The molecule has 1 aliphatic heterocycles. The predicted octanol–water partition coefficient (Wildman–Crippen LogP) is 1.67. The molecular formula is C19H23N7O. The van der Waals surface area contributed by atoms with Crippen LogP contribution in [0.3, 0.4) is 0 Å². The molecule has 0 spiro atoms. The van der Waals surface area contributed by atoms with Gasteiger partial charge in [0.1, 0.15) is 24.0 Å². The second-order valence-corrected chi connectivity index (χ2v) is 6.91. The van der Waals surface area contributed by atoms with Gasteiger partial charge in [-0.25, -0.2) is 9.67 Å². The van der Waals surface area contributed by atoms with Gasteiger partial charge in [-0.05, 0) is 26.7 Å². The summed E-state index contributed by atoms with van der Waals surface area (Å²) in [5.74, 6) is 3.27. The number of aromatic nitrogens is 6. The second-order valence-electron chi connectivity index (χ2n) is 6.91. The van der Waals surface area contributed by atoms with Crippen LogP contribution < -0.4 is 5.32 Å². The number of nitrogens with one attached hydrogen (secondary N) is 1. The SMILES string of the molecule is Cc1nc(C)n(CC(=O)NC2CCc3nnc(-c4ccccc4)n3CC2)n1. The fraction of sp³-hybridized carbons (Fsp3) is 0.421. The van der Waals surface area contributed by atoms with Crippen LogP contribution in [0.4, 0.5) is 0 Å². The van der Waals surface area contributed by atoms with Gasteiger partial charge in [-0.3, -0.25) is 4.79 Å². The summed E-state index contributed by atoms with van der Waals surface area (Å²) in [7, 11) is 0. The van der Waals surface area contributed by atoms with Gasteiger partial charge < -0.3 is 9.88 Å². The van der Waals surface area contributed by atoms with Gasteiger partial charge in [0, 0.05) is 24.6 Å². The summed E-state index contributed by atoms with van der Waals surface area (Å²) in [6.45, 7) is 4.67. The van der Waals surface area contributed by atoms with E-state index in [1.165, 1.54) is 0 Å². The summed E-state index contributed by atoms with van der Waals surface area (Å²) in [5.41, 5.74) is 1.07. The number of fused-ring (bicyclic) bond motifs is 1. The first-order valence-electron chi connectivity index (χ1n) is 9.25. The van der Waals surface area contributed by atoms with Gasteiger partial charge in [0.05, 0.1) is 0 Å². The molecule has 0 saturated heterocycles. The molecule has 1 aliphatic rings. The number of carbonyl (C=O) groups excluding carboxylic acids is 1. The van der Waals surface area contributed by atoms with Crippen LogP contribution in [0.5, 0.6) is 0 Å². The van der Waals surface area contributed by atoms with E-state index in [0.29, 0.717) is 5.82 Å². The van der Waals surface area contributed by atoms with E-state index in [1.54, 1.807) is 4.68 Å². The van der Waals surface area contributed by atoms with E-state index < -0.39 is 0 Å². The molecule has 0 radical (unpaired) electrons. The highest BCUT2D eigenvalue weighted by Crippen LogP contribution is 2.22. The van der Waals surface area contributed by atoms with Crippen molar-refractivity contribution in [2.45, 2.75) is 52.2 Å². The minimum absolute atomic E-state index is 0.0334. The maximum Gasteiger partial charge on any atom is 0.242 e. The number of rotatable bonds is 4. The Bertz CT molecular complexity index is 944. The van der Waals surface area contributed by atoms with Gasteiger partial charge in [-0.2, -0.15) is 5.10 Å². The average Bonchev–Trinajstić information content (AvgIpc) is 3.14. The van der Waals surface area contributed by atoms with Crippen molar-refractivity contribution in [1.29, 1.82) is 0 Å². The Balaban J connectivity index is 1.41. The van der Waals surface area contributed by atoms with E-state index >= 15 is 0 Å². The highest BCUT2D eigenvalue weighted by molar-refractivity contribution is 5.76. The molecule has 1 aromatic carbocycles. The third kappa shape index (κ3) is 3.74. The van der Waals surface area contributed by atoms with Crippen LogP contribution in [0.1, 0.15) is 30.3 Å². The van der Waals surface area contributed by atoms with Crippen molar-refractivity contribution in [3.63, 3.8) is 0 Å². The highest BCUT2D eigenvalue weighted by Gasteiger charge is 2.22. The number of hydrogen-bond donors (Lipinski definition) is 1. The van der Waals surface area contributed by atoms with Gasteiger partial charge in [0.15, 0.2) is 5.82 Å². The number of carbonyl (C=O) groups is 1. The van der Waals surface area contributed by atoms with Crippen molar-refractivity contribution in [2.24, 2.45) is 0 Å². The molecule has 0 fully saturated rings. The number of aryl methyl sites for hydroxylation is 3. The summed E-state index contributed by atoms with van der Waals surface area (Å²) in [4.78, 5) is 16.7. The molecular weight excluding hydrogens is 342 g/mol. The molecule has 8 heteroatoms. The Morgan fingerprint density at radius 1 is 1.19 bits per heavy atom. The fourth-order valence-corrected chi connectivity index (χ4v) is 3.55. The molecule has 27 heavy (non-hydrogen) atoms. The molecule has 0 saturated carbocycles. The summed E-state index contributed by atoms with van der Waals surface area (Å²) in [6, 6.07) is 10.2. The third-order valence-electron chi connectivity index (χ3n) is 4.90. The van der Waals surface area contributed by atoms with E-state index in [0.717, 1.165) is 48.8 Å². The zero-order chi connectivity index (χ0) is 18.8. The van der Waals surface area contributed by atoms with Crippen LogP contribution in [-0.4, -0.2) is 41.5 Å². The van der Waals surface area contributed by atoms with Crippen molar-refractivity contribution >= 4 is 5.91 Å². The van der Waals surface area contributed by atoms with Crippen molar-refractivity contribution in [3.8, 4) is 11.4 Å². The lowest BCUT2D eigenvalue weighted by Crippen LogP contribution is -2.37. The number of hydrogen-bond acceptors (Lipinski definition) is 5. The Morgan fingerprint density at radius 3 is 2.74 bits per heavy atom. The van der Waals surface area contributed by atoms with Gasteiger partial charge in [0.25, 0.3) is 0 Å². The number of benzene rings is 1. The maximum atomic E-state index is 12.4. The molecule has 0 bridgehead atoms. The van der Waals surface area contributed by atoms with Crippen molar-refractivity contribution in [2.75, 3.05) is 0 Å². The molecule has 0 aliphatic carbocycles. The van der Waals surface area contributed by atoms with E-state index in [2.05, 4.69) is 30.2 Å². The zero-order valence-electron chi connectivity index (χ0n) is 15.6. The zero-order valence-corrected chi connectivity index (χ0v) is 15.6. The van der Waals surface area contributed by atoms with Crippen LogP contribution in [0.15, 0.2) is 30.3 Å². The van der Waals surface area contributed by atoms with Crippen LogP contribution >= 0.6 is 0 Å². The first-order valence-corrected chi connectivity index (χ1v) is 9.25. The van der Waals surface area contributed by atoms with Crippen molar-refractivity contribution in [1.82, 2.24) is 34.8 Å². The van der Waals surface area contributed by atoms with E-state index in [4.69, 9.17) is 0 Å². The van der Waals surface area contributed by atoms with Gasteiger partial charge >= 0.3 is 0 Å². The largest absolute Gasteiger partial charge is 0.352 e. The average molecular weight is 365 g/mol. The van der Waals surface area contributed by atoms with E-state index in [1.807, 2.05) is 44.2 Å². The summed E-state index contributed by atoms with van der Waals surface area (Å²) in [5, 5.41) is 16.1. The van der Waals surface area contributed by atoms with Crippen LogP contribution in [0, 0.1) is 13.8 Å². The van der Waals surface area contributed by atoms with E-state index in [9.17, 15) is 4.79 Å². The standard InChI is InChI=1S/C19H23N7O/c1-13-20-14(2)26(24-13)12-18(27)21-16-8-9-17-22-23-19(25(17)11-10-16)15-6-4-3-5-7-15/h3-7,16H,8-12H2,1-2H3,(H,21,27). The molecule has 1 amide bonds. The summed E-state index contributed by atoms with van der Waals surface area (Å²) >= 11 is 0. The van der Waals surface area contributed by atoms with Gasteiger partial charge in [-0.1, -0.05) is 30.3 Å². The van der Waals surface area contributed by atoms with Gasteiger partial charge in [0.2, 0.25) is 5.91 Å².